The molecule has 110 valence electrons. The maximum atomic E-state index is 4.81. The van der Waals surface area contributed by atoms with Gasteiger partial charge in [-0.15, -0.1) is 16.9 Å². The molecule has 5 nitrogen and oxygen atoms in total. The molecule has 6 heteroatoms. The first kappa shape index (κ1) is 13.0. The van der Waals surface area contributed by atoms with Crippen LogP contribution in [0.5, 0.6) is 0 Å². The topological polar surface area (TPSA) is 56.8 Å². The standard InChI is InChI=1S/C14H23N5S/c1-14(5-3-7-20-14)12-16-13(18-17-12)19-8-10-4-2-6-15-11(10)9-19/h10-11,15H,2-9H2,1H3,(H,16,17,18). The Bertz CT molecular complexity index is 468. The number of aromatic amines is 1. The number of nitrogens with one attached hydrogen (secondary N) is 2. The molecular formula is C14H23N5S. The molecule has 3 fully saturated rings. The number of H-pyrrole nitrogens is 1. The van der Waals surface area contributed by atoms with Crippen LogP contribution >= 0.6 is 11.8 Å². The minimum absolute atomic E-state index is 0.149. The highest BCUT2D eigenvalue weighted by molar-refractivity contribution is 8.00. The highest BCUT2D eigenvalue weighted by atomic mass is 32.2. The summed E-state index contributed by atoms with van der Waals surface area (Å²) < 4.78 is 0.149. The van der Waals surface area contributed by atoms with Crippen molar-refractivity contribution in [2.24, 2.45) is 5.92 Å². The van der Waals surface area contributed by atoms with Gasteiger partial charge in [0.2, 0.25) is 5.95 Å². The van der Waals surface area contributed by atoms with Crippen LogP contribution in [0.3, 0.4) is 0 Å². The Balaban J connectivity index is 1.51. The molecule has 0 amide bonds. The van der Waals surface area contributed by atoms with Crippen LogP contribution in [0.15, 0.2) is 0 Å². The normalized spacial score (nSPS) is 37.4. The molecule has 3 aliphatic heterocycles. The summed E-state index contributed by atoms with van der Waals surface area (Å²) in [6.45, 7) is 5.63. The summed E-state index contributed by atoms with van der Waals surface area (Å²) in [6.07, 6.45) is 5.15. The highest BCUT2D eigenvalue weighted by Crippen LogP contribution is 2.45. The number of hydrogen-bond acceptors (Lipinski definition) is 5. The molecule has 3 aliphatic rings. The molecule has 0 saturated carbocycles. The van der Waals surface area contributed by atoms with Crippen LogP contribution in [0.25, 0.3) is 0 Å². The minimum Gasteiger partial charge on any atom is -0.338 e. The van der Waals surface area contributed by atoms with Gasteiger partial charge in [0.25, 0.3) is 0 Å². The predicted molar refractivity (Wildman–Crippen MR) is 82.2 cm³/mol. The average Bonchev–Trinajstić information content (AvgIpc) is 3.17. The molecule has 0 aromatic carbocycles. The van der Waals surface area contributed by atoms with Gasteiger partial charge in [0, 0.05) is 19.1 Å². The van der Waals surface area contributed by atoms with Crippen molar-refractivity contribution in [2.45, 2.75) is 43.4 Å². The van der Waals surface area contributed by atoms with E-state index >= 15 is 0 Å². The summed E-state index contributed by atoms with van der Waals surface area (Å²) in [5.74, 6) is 3.99. The fourth-order valence-electron chi connectivity index (χ4n) is 3.81. The number of fused-ring (bicyclic) bond motifs is 1. The van der Waals surface area contributed by atoms with Crippen LogP contribution in [-0.2, 0) is 4.75 Å². The number of hydrogen-bond donors (Lipinski definition) is 2. The van der Waals surface area contributed by atoms with E-state index in [0.29, 0.717) is 6.04 Å². The Labute approximate surface area is 124 Å². The van der Waals surface area contributed by atoms with Crippen LogP contribution in [0.4, 0.5) is 5.95 Å². The summed E-state index contributed by atoms with van der Waals surface area (Å²) in [4.78, 5) is 7.17. The summed E-state index contributed by atoms with van der Waals surface area (Å²) in [7, 11) is 0. The summed E-state index contributed by atoms with van der Waals surface area (Å²) in [5, 5.41) is 11.3. The number of anilines is 1. The third kappa shape index (κ3) is 2.13. The van der Waals surface area contributed by atoms with Crippen LogP contribution in [0.2, 0.25) is 0 Å². The van der Waals surface area contributed by atoms with Crippen molar-refractivity contribution in [3.05, 3.63) is 5.82 Å². The SMILES string of the molecule is CC1(c2nc(N3CC4CCCNC4C3)n[nH]2)CCCS1. The molecule has 0 bridgehead atoms. The van der Waals surface area contributed by atoms with Crippen molar-refractivity contribution in [1.29, 1.82) is 0 Å². The van der Waals surface area contributed by atoms with Gasteiger partial charge in [0.15, 0.2) is 0 Å². The van der Waals surface area contributed by atoms with Crippen molar-refractivity contribution < 1.29 is 0 Å². The maximum absolute atomic E-state index is 4.81. The number of nitrogens with zero attached hydrogens (tertiary/aromatic N) is 3. The van der Waals surface area contributed by atoms with Gasteiger partial charge >= 0.3 is 0 Å². The largest absolute Gasteiger partial charge is 0.338 e. The van der Waals surface area contributed by atoms with E-state index in [1.807, 2.05) is 11.8 Å². The molecule has 1 aromatic rings. The molecule has 20 heavy (non-hydrogen) atoms. The molecule has 0 aliphatic carbocycles. The average molecular weight is 293 g/mol. The monoisotopic (exact) mass is 293 g/mol. The highest BCUT2D eigenvalue weighted by Gasteiger charge is 2.38. The van der Waals surface area contributed by atoms with Crippen molar-refractivity contribution >= 4 is 17.7 Å². The molecule has 3 saturated heterocycles. The first-order valence-electron chi connectivity index (χ1n) is 7.80. The van der Waals surface area contributed by atoms with Gasteiger partial charge in [0.1, 0.15) is 5.82 Å². The smallest absolute Gasteiger partial charge is 0.244 e. The summed E-state index contributed by atoms with van der Waals surface area (Å²) >= 11 is 2.01. The van der Waals surface area contributed by atoms with Gasteiger partial charge in [-0.1, -0.05) is 0 Å². The van der Waals surface area contributed by atoms with Crippen LogP contribution in [0, 0.1) is 5.92 Å². The second-order valence-corrected chi connectivity index (χ2v) is 8.13. The lowest BCUT2D eigenvalue weighted by molar-refractivity contribution is 0.340. The summed E-state index contributed by atoms with van der Waals surface area (Å²) in [6, 6.07) is 0.641. The van der Waals surface area contributed by atoms with Gasteiger partial charge in [0.05, 0.1) is 4.75 Å². The Morgan fingerprint density at radius 1 is 1.35 bits per heavy atom. The van der Waals surface area contributed by atoms with E-state index in [2.05, 4.69) is 27.3 Å². The van der Waals surface area contributed by atoms with Gasteiger partial charge < -0.3 is 10.2 Å². The zero-order valence-electron chi connectivity index (χ0n) is 12.1. The second-order valence-electron chi connectivity index (χ2n) is 6.53. The molecule has 0 spiro atoms. The van der Waals surface area contributed by atoms with E-state index in [1.54, 1.807) is 0 Å². The lowest BCUT2D eigenvalue weighted by Crippen LogP contribution is -2.40. The van der Waals surface area contributed by atoms with Crippen molar-refractivity contribution in [3.8, 4) is 0 Å². The van der Waals surface area contributed by atoms with Gasteiger partial charge in [-0.2, -0.15) is 4.98 Å². The maximum Gasteiger partial charge on any atom is 0.244 e. The number of aromatic nitrogens is 3. The fourth-order valence-corrected chi connectivity index (χ4v) is 5.06. The molecule has 4 heterocycles. The van der Waals surface area contributed by atoms with Crippen LogP contribution in [-0.4, -0.2) is 46.6 Å². The Hall–Kier alpha value is -0.750. The molecule has 1 aromatic heterocycles. The quantitative estimate of drug-likeness (QED) is 0.870. The van der Waals surface area contributed by atoms with Gasteiger partial charge in [-0.25, -0.2) is 0 Å². The first-order chi connectivity index (χ1) is 9.74. The molecule has 3 unspecified atom stereocenters. The predicted octanol–water partition coefficient (Wildman–Crippen LogP) is 1.74. The third-order valence-corrected chi connectivity index (χ3v) is 6.60. The van der Waals surface area contributed by atoms with Crippen molar-refractivity contribution in [2.75, 3.05) is 30.3 Å². The van der Waals surface area contributed by atoms with E-state index < -0.39 is 0 Å². The van der Waals surface area contributed by atoms with E-state index in [-0.39, 0.29) is 4.75 Å². The Morgan fingerprint density at radius 2 is 2.30 bits per heavy atom. The molecule has 2 N–H and O–H groups in total. The van der Waals surface area contributed by atoms with E-state index in [1.165, 1.54) is 38.0 Å². The summed E-state index contributed by atoms with van der Waals surface area (Å²) in [5.41, 5.74) is 0. The van der Waals surface area contributed by atoms with Gasteiger partial charge in [-0.05, 0) is 50.8 Å². The zero-order valence-corrected chi connectivity index (χ0v) is 12.9. The molecular weight excluding hydrogens is 270 g/mol. The van der Waals surface area contributed by atoms with E-state index in [9.17, 15) is 0 Å². The first-order valence-corrected chi connectivity index (χ1v) is 8.78. The Kier molecular flexibility index (Phi) is 3.18. The van der Waals surface area contributed by atoms with Crippen LogP contribution in [0.1, 0.15) is 38.4 Å². The lowest BCUT2D eigenvalue weighted by Gasteiger charge is -2.24. The zero-order chi connectivity index (χ0) is 13.6. The molecule has 4 rings (SSSR count). The number of thioether (sulfide) groups is 1. The third-order valence-electron chi connectivity index (χ3n) is 5.08. The lowest BCUT2D eigenvalue weighted by atomic mass is 9.94. The Morgan fingerprint density at radius 3 is 3.10 bits per heavy atom. The van der Waals surface area contributed by atoms with Crippen molar-refractivity contribution in [1.82, 2.24) is 20.5 Å². The van der Waals surface area contributed by atoms with Crippen molar-refractivity contribution in [3.63, 3.8) is 0 Å². The molecule has 0 radical (unpaired) electrons. The van der Waals surface area contributed by atoms with Gasteiger partial charge in [-0.3, -0.25) is 5.10 Å². The second kappa shape index (κ2) is 4.91. The number of piperidine rings is 1. The minimum atomic E-state index is 0.149. The van der Waals surface area contributed by atoms with E-state index in [0.717, 1.165) is 30.8 Å². The van der Waals surface area contributed by atoms with Crippen LogP contribution < -0.4 is 10.2 Å². The van der Waals surface area contributed by atoms with E-state index in [4.69, 9.17) is 4.98 Å². The fraction of sp³-hybridized carbons (Fsp3) is 0.857. The molecule has 3 atom stereocenters. The number of rotatable bonds is 2.